The van der Waals surface area contributed by atoms with Crippen LogP contribution in [0, 0.1) is 10.1 Å². The van der Waals surface area contributed by atoms with E-state index >= 15 is 0 Å². The van der Waals surface area contributed by atoms with Gasteiger partial charge in [0.2, 0.25) is 5.91 Å². The number of benzene rings is 2. The molecule has 0 bridgehead atoms. The molecule has 0 spiro atoms. The molecule has 132 valence electrons. The monoisotopic (exact) mass is 342 g/mol. The van der Waals surface area contributed by atoms with Crippen molar-refractivity contribution >= 4 is 17.3 Å². The predicted molar refractivity (Wildman–Crippen MR) is 97.1 cm³/mol. The lowest BCUT2D eigenvalue weighted by atomic mass is 10.2. The summed E-state index contributed by atoms with van der Waals surface area (Å²) in [5.74, 6) is -0.129. The summed E-state index contributed by atoms with van der Waals surface area (Å²) < 4.78 is 0. The van der Waals surface area contributed by atoms with Gasteiger partial charge in [-0.15, -0.1) is 0 Å². The maximum Gasteiger partial charge on any atom is 0.292 e. The van der Waals surface area contributed by atoms with Gasteiger partial charge in [-0.3, -0.25) is 14.9 Å². The number of nitrogens with one attached hydrogen (secondary N) is 1. The summed E-state index contributed by atoms with van der Waals surface area (Å²) in [7, 11) is 0. The number of anilines is 1. The highest BCUT2D eigenvalue weighted by atomic mass is 16.6. The number of hydrogen-bond donors (Lipinski definition) is 2. The van der Waals surface area contributed by atoms with Crippen LogP contribution in [0.1, 0.15) is 12.0 Å². The zero-order valence-corrected chi connectivity index (χ0v) is 13.9. The number of nitro benzene ring substituents is 1. The van der Waals surface area contributed by atoms with Crippen molar-refractivity contribution in [3.05, 3.63) is 70.3 Å². The van der Waals surface area contributed by atoms with Gasteiger partial charge >= 0.3 is 0 Å². The molecule has 0 aliphatic rings. The molecule has 0 atom stereocenters. The molecule has 2 rings (SSSR count). The summed E-state index contributed by atoms with van der Waals surface area (Å²) in [6, 6.07) is 16.0. The second-order valence-electron chi connectivity index (χ2n) is 5.57. The van der Waals surface area contributed by atoms with E-state index in [2.05, 4.69) is 5.32 Å². The van der Waals surface area contributed by atoms with Gasteiger partial charge in [0.05, 0.1) is 11.5 Å². The molecule has 0 radical (unpaired) electrons. The Bertz CT molecular complexity index is 706. The molecular weight excluding hydrogens is 320 g/mol. The lowest BCUT2D eigenvalue weighted by molar-refractivity contribution is -0.383. The average Bonchev–Trinajstić information content (AvgIpc) is 2.64. The second kappa shape index (κ2) is 9.39. The largest absolute Gasteiger partial charge is 0.371 e. The van der Waals surface area contributed by atoms with E-state index in [0.29, 0.717) is 31.7 Å². The molecule has 25 heavy (non-hydrogen) atoms. The molecule has 2 aromatic rings. The molecule has 0 aliphatic carbocycles. The highest BCUT2D eigenvalue weighted by Crippen LogP contribution is 2.22. The number of amides is 1. The van der Waals surface area contributed by atoms with Gasteiger partial charge in [-0.1, -0.05) is 42.5 Å². The van der Waals surface area contributed by atoms with Gasteiger partial charge in [-0.25, -0.2) is 0 Å². The van der Waals surface area contributed by atoms with Crippen LogP contribution in [0.2, 0.25) is 0 Å². The van der Waals surface area contributed by atoms with E-state index < -0.39 is 4.92 Å². The summed E-state index contributed by atoms with van der Waals surface area (Å²) in [6.07, 6.45) is 0.698. The maximum atomic E-state index is 12.6. The first-order valence-corrected chi connectivity index (χ1v) is 8.11. The van der Waals surface area contributed by atoms with Crippen LogP contribution in [0.25, 0.3) is 0 Å². The van der Waals surface area contributed by atoms with Crippen molar-refractivity contribution in [1.82, 2.24) is 4.90 Å². The summed E-state index contributed by atoms with van der Waals surface area (Å²) in [6.45, 7) is 1.51. The number of hydrogen-bond acceptors (Lipinski definition) is 5. The van der Waals surface area contributed by atoms with E-state index in [9.17, 15) is 14.9 Å². The van der Waals surface area contributed by atoms with Crippen molar-refractivity contribution in [1.29, 1.82) is 0 Å². The lowest BCUT2D eigenvalue weighted by Gasteiger charge is -2.23. The van der Waals surface area contributed by atoms with Crippen LogP contribution < -0.4 is 11.1 Å². The van der Waals surface area contributed by atoms with E-state index in [1.165, 1.54) is 6.07 Å². The van der Waals surface area contributed by atoms with E-state index in [0.717, 1.165) is 5.56 Å². The quantitative estimate of drug-likeness (QED) is 0.538. The van der Waals surface area contributed by atoms with Crippen LogP contribution in [0.15, 0.2) is 54.6 Å². The van der Waals surface area contributed by atoms with Crippen LogP contribution in [-0.2, 0) is 11.3 Å². The normalized spacial score (nSPS) is 10.3. The van der Waals surface area contributed by atoms with Gasteiger partial charge < -0.3 is 16.0 Å². The van der Waals surface area contributed by atoms with Gasteiger partial charge in [0.1, 0.15) is 5.69 Å². The Labute approximate surface area is 146 Å². The third-order valence-corrected chi connectivity index (χ3v) is 3.73. The molecule has 2 aromatic carbocycles. The number of nitrogens with two attached hydrogens (primary N) is 1. The Balaban J connectivity index is 2.03. The third-order valence-electron chi connectivity index (χ3n) is 3.73. The number of nitrogens with zero attached hydrogens (tertiary/aromatic N) is 2. The Hall–Kier alpha value is -2.93. The molecule has 3 N–H and O–H groups in total. The van der Waals surface area contributed by atoms with Crippen molar-refractivity contribution < 1.29 is 9.72 Å². The third kappa shape index (κ3) is 5.58. The Morgan fingerprint density at radius 1 is 1.12 bits per heavy atom. The molecule has 0 aliphatic heterocycles. The molecule has 0 aromatic heterocycles. The Morgan fingerprint density at radius 3 is 2.48 bits per heavy atom. The fourth-order valence-corrected chi connectivity index (χ4v) is 2.44. The van der Waals surface area contributed by atoms with Crippen molar-refractivity contribution in [3.8, 4) is 0 Å². The average molecular weight is 342 g/mol. The summed E-state index contributed by atoms with van der Waals surface area (Å²) in [4.78, 5) is 24.8. The summed E-state index contributed by atoms with van der Waals surface area (Å²) in [5, 5.41) is 13.9. The summed E-state index contributed by atoms with van der Waals surface area (Å²) in [5.41, 5.74) is 6.87. The first-order chi connectivity index (χ1) is 12.1. The van der Waals surface area contributed by atoms with E-state index in [1.807, 2.05) is 30.3 Å². The second-order valence-corrected chi connectivity index (χ2v) is 5.57. The van der Waals surface area contributed by atoms with Crippen molar-refractivity contribution in [2.24, 2.45) is 5.73 Å². The first-order valence-electron chi connectivity index (χ1n) is 8.11. The summed E-state index contributed by atoms with van der Waals surface area (Å²) >= 11 is 0. The van der Waals surface area contributed by atoms with E-state index in [4.69, 9.17) is 5.73 Å². The number of carbonyl (C=O) groups excluding carboxylic acids is 1. The minimum Gasteiger partial charge on any atom is -0.371 e. The van der Waals surface area contributed by atoms with Crippen LogP contribution in [-0.4, -0.2) is 35.4 Å². The smallest absolute Gasteiger partial charge is 0.292 e. The van der Waals surface area contributed by atoms with Gasteiger partial charge in [-0.2, -0.15) is 0 Å². The minimum absolute atomic E-state index is 0.0116. The fraction of sp³-hybridized carbons (Fsp3) is 0.278. The lowest BCUT2D eigenvalue weighted by Crippen LogP contribution is -2.36. The predicted octanol–water partition coefficient (Wildman–Crippen LogP) is 2.38. The zero-order chi connectivity index (χ0) is 18.1. The van der Waals surface area contributed by atoms with Crippen LogP contribution >= 0.6 is 0 Å². The van der Waals surface area contributed by atoms with Gasteiger partial charge in [0, 0.05) is 19.2 Å². The molecule has 0 saturated carbocycles. The molecule has 7 heteroatoms. The van der Waals surface area contributed by atoms with Gasteiger partial charge in [0.15, 0.2) is 0 Å². The number of nitro groups is 1. The van der Waals surface area contributed by atoms with Crippen molar-refractivity contribution in [2.75, 3.05) is 25.0 Å². The van der Waals surface area contributed by atoms with Gasteiger partial charge in [0.25, 0.3) is 5.69 Å². The molecule has 0 heterocycles. The fourth-order valence-electron chi connectivity index (χ4n) is 2.44. The van der Waals surface area contributed by atoms with Crippen LogP contribution in [0.3, 0.4) is 0 Å². The van der Waals surface area contributed by atoms with Crippen LogP contribution in [0.5, 0.6) is 0 Å². The molecule has 0 fully saturated rings. The van der Waals surface area contributed by atoms with E-state index in [1.54, 1.807) is 23.1 Å². The maximum absolute atomic E-state index is 12.6. The Morgan fingerprint density at radius 2 is 1.80 bits per heavy atom. The SMILES string of the molecule is NCCCN(Cc1ccccc1)C(=O)CNc1ccccc1[N+](=O)[O-]. The number of para-hydroxylation sites is 2. The number of rotatable bonds is 9. The topological polar surface area (TPSA) is 102 Å². The van der Waals surface area contributed by atoms with Crippen molar-refractivity contribution in [2.45, 2.75) is 13.0 Å². The standard InChI is InChI=1S/C18H22N4O3/c19-11-6-12-21(14-15-7-2-1-3-8-15)18(23)13-20-16-9-4-5-10-17(16)22(24)25/h1-5,7-10,20H,6,11-14,19H2. The van der Waals surface area contributed by atoms with E-state index in [-0.39, 0.29) is 18.1 Å². The highest BCUT2D eigenvalue weighted by molar-refractivity contribution is 5.81. The minimum atomic E-state index is -0.469. The molecule has 1 amide bonds. The molecule has 7 nitrogen and oxygen atoms in total. The number of carbonyl (C=O) groups is 1. The molecule has 0 unspecified atom stereocenters. The highest BCUT2D eigenvalue weighted by Gasteiger charge is 2.16. The van der Waals surface area contributed by atoms with Gasteiger partial charge in [-0.05, 0) is 24.6 Å². The zero-order valence-electron chi connectivity index (χ0n) is 13.9. The first kappa shape index (κ1) is 18.4. The Kier molecular flexibility index (Phi) is 6.91. The molecule has 0 saturated heterocycles. The van der Waals surface area contributed by atoms with Crippen molar-refractivity contribution in [3.63, 3.8) is 0 Å². The molecular formula is C18H22N4O3. The van der Waals surface area contributed by atoms with Crippen LogP contribution in [0.4, 0.5) is 11.4 Å².